The largest absolute Gasteiger partial charge is 0.419 e. The van der Waals surface area contributed by atoms with Gasteiger partial charge in [-0.05, 0) is 26.0 Å². The van der Waals surface area contributed by atoms with Crippen LogP contribution in [0.4, 0.5) is 43.2 Å². The van der Waals surface area contributed by atoms with Crippen molar-refractivity contribution in [3.05, 3.63) is 57.9 Å². The molecule has 5 heterocycles. The van der Waals surface area contributed by atoms with E-state index >= 15 is 0 Å². The van der Waals surface area contributed by atoms with Crippen molar-refractivity contribution < 1.29 is 31.1 Å². The van der Waals surface area contributed by atoms with E-state index in [2.05, 4.69) is 30.2 Å². The average Bonchev–Trinajstić information content (AvgIpc) is 3.52. The molecule has 1 N–H and O–H groups in total. The molecule has 1 atom stereocenters. The summed E-state index contributed by atoms with van der Waals surface area (Å²) in [6.45, 7) is 2.60. The third-order valence-electron chi connectivity index (χ3n) is 6.15. The van der Waals surface area contributed by atoms with Crippen LogP contribution >= 0.6 is 22.7 Å². The molecule has 0 radical (unpaired) electrons. The number of nitrogens with one attached hydrogen (secondary N) is 1. The van der Waals surface area contributed by atoms with Crippen molar-refractivity contribution in [2.45, 2.75) is 32.2 Å². The minimum absolute atomic E-state index is 0.0559. The highest BCUT2D eigenvalue weighted by Gasteiger charge is 2.49. The summed E-state index contributed by atoms with van der Waals surface area (Å²) in [6, 6.07) is 0.590. The van der Waals surface area contributed by atoms with Crippen LogP contribution in [0.5, 0.6) is 0 Å². The minimum Gasteiger partial charge on any atom is -0.337 e. The first-order valence-electron chi connectivity index (χ1n) is 11.9. The molecule has 1 saturated heterocycles. The SMILES string of the molecule is Cc1nc(C)c(-c2csc(Nc3ccc(C(=O)N4CCN(c5ncc(C(F)(F)F)cn5)CC4C(F)(F)F)cn3)n2)s1. The van der Waals surface area contributed by atoms with Crippen molar-refractivity contribution in [2.24, 2.45) is 0 Å². The van der Waals surface area contributed by atoms with Crippen LogP contribution < -0.4 is 10.2 Å². The van der Waals surface area contributed by atoms with Gasteiger partial charge in [-0.2, -0.15) is 26.3 Å². The summed E-state index contributed by atoms with van der Waals surface area (Å²) in [5, 5.41) is 6.35. The molecule has 4 aromatic rings. The zero-order chi connectivity index (χ0) is 29.5. The van der Waals surface area contributed by atoms with E-state index in [1.165, 1.54) is 41.0 Å². The maximum absolute atomic E-state index is 14.0. The van der Waals surface area contributed by atoms with E-state index < -0.39 is 36.4 Å². The summed E-state index contributed by atoms with van der Waals surface area (Å²) in [7, 11) is 0. The second-order valence-electron chi connectivity index (χ2n) is 9.01. The summed E-state index contributed by atoms with van der Waals surface area (Å²) in [5.74, 6) is -0.828. The molecule has 1 fully saturated rings. The van der Waals surface area contributed by atoms with Gasteiger partial charge in [0.25, 0.3) is 5.91 Å². The topological polar surface area (TPSA) is 100 Å². The molecule has 0 saturated carbocycles. The minimum atomic E-state index is -4.81. The Kier molecular flexibility index (Phi) is 7.58. The van der Waals surface area contributed by atoms with E-state index in [1.54, 1.807) is 0 Å². The average molecular weight is 615 g/mol. The maximum Gasteiger partial charge on any atom is 0.419 e. The lowest BCUT2D eigenvalue weighted by Crippen LogP contribution is -2.61. The predicted octanol–water partition coefficient (Wildman–Crippen LogP) is 5.72. The fourth-order valence-corrected chi connectivity index (χ4v) is 5.86. The number of hydrogen-bond donors (Lipinski definition) is 1. The van der Waals surface area contributed by atoms with Gasteiger partial charge in [-0.25, -0.2) is 24.9 Å². The number of carbonyl (C=O) groups excluding carboxylic acids is 1. The Labute approximate surface area is 236 Å². The zero-order valence-corrected chi connectivity index (χ0v) is 22.9. The van der Waals surface area contributed by atoms with Crippen LogP contribution in [0, 0.1) is 13.8 Å². The number of amides is 1. The number of alkyl halides is 6. The lowest BCUT2D eigenvalue weighted by atomic mass is 10.1. The van der Waals surface area contributed by atoms with E-state index in [-0.39, 0.29) is 24.6 Å². The summed E-state index contributed by atoms with van der Waals surface area (Å²) >= 11 is 2.86. The molecule has 1 aliphatic heterocycles. The van der Waals surface area contributed by atoms with Gasteiger partial charge < -0.3 is 15.1 Å². The number of thiazole rings is 2. The van der Waals surface area contributed by atoms with Crippen LogP contribution in [-0.2, 0) is 6.18 Å². The monoisotopic (exact) mass is 614 g/mol. The normalized spacial score (nSPS) is 16.2. The lowest BCUT2D eigenvalue weighted by molar-refractivity contribution is -0.177. The van der Waals surface area contributed by atoms with E-state index in [1.807, 2.05) is 19.2 Å². The van der Waals surface area contributed by atoms with Gasteiger partial charge in [0.1, 0.15) is 11.9 Å². The number of halogens is 6. The second kappa shape index (κ2) is 10.8. The quantitative estimate of drug-likeness (QED) is 0.285. The molecular weight excluding hydrogens is 594 g/mol. The highest BCUT2D eigenvalue weighted by Crippen LogP contribution is 2.34. The highest BCUT2D eigenvalue weighted by atomic mass is 32.1. The van der Waals surface area contributed by atoms with Crippen molar-refractivity contribution in [1.82, 2.24) is 29.8 Å². The summed E-state index contributed by atoms with van der Waals surface area (Å²) < 4.78 is 80.4. The van der Waals surface area contributed by atoms with Crippen molar-refractivity contribution in [2.75, 3.05) is 29.9 Å². The number of anilines is 3. The number of hydrogen-bond acceptors (Lipinski definition) is 10. The Bertz CT molecular complexity index is 1540. The number of aryl methyl sites for hydroxylation is 2. The smallest absolute Gasteiger partial charge is 0.337 e. The van der Waals surface area contributed by atoms with Crippen molar-refractivity contribution in [3.8, 4) is 10.6 Å². The molecule has 1 aliphatic rings. The van der Waals surface area contributed by atoms with Gasteiger partial charge in [-0.3, -0.25) is 4.79 Å². The van der Waals surface area contributed by atoms with E-state index in [9.17, 15) is 31.1 Å². The molecular formula is C24H20F6N8OS2. The summed E-state index contributed by atoms with van der Waals surface area (Å²) in [6.07, 6.45) is -7.29. The Morgan fingerprint density at radius 3 is 2.32 bits per heavy atom. The number of nitrogens with zero attached hydrogens (tertiary/aromatic N) is 7. The first-order valence-corrected chi connectivity index (χ1v) is 13.6. The van der Waals surface area contributed by atoms with Gasteiger partial charge in [-0.1, -0.05) is 0 Å². The number of piperazine rings is 1. The Morgan fingerprint density at radius 1 is 1.00 bits per heavy atom. The standard InChI is InChI=1S/C24H20F6N8OS2/c1-12-19(41-13(2)34-12)16-11-40-22(35-16)36-18-4-3-14(7-31-18)20(39)38-6-5-37(10-17(38)24(28,29)30)21-32-8-15(9-33-21)23(25,26)27/h3-4,7-9,11,17H,5-6,10H2,1-2H3,(H,31,35,36). The Morgan fingerprint density at radius 2 is 1.73 bits per heavy atom. The van der Waals surface area contributed by atoms with Crippen molar-refractivity contribution in [3.63, 3.8) is 0 Å². The van der Waals surface area contributed by atoms with Crippen molar-refractivity contribution >= 4 is 45.5 Å². The molecule has 0 aliphatic carbocycles. The van der Waals surface area contributed by atoms with Gasteiger partial charge in [0, 0.05) is 37.1 Å². The van der Waals surface area contributed by atoms with Gasteiger partial charge in [-0.15, -0.1) is 22.7 Å². The van der Waals surface area contributed by atoms with E-state index in [4.69, 9.17) is 0 Å². The Hall–Kier alpha value is -3.86. The molecule has 4 aromatic heterocycles. The molecule has 216 valence electrons. The van der Waals surface area contributed by atoms with Crippen LogP contribution in [0.1, 0.15) is 26.6 Å². The fraction of sp³-hybridized carbons (Fsp3) is 0.333. The summed E-state index contributed by atoms with van der Waals surface area (Å²) in [4.78, 5) is 36.1. The molecule has 0 aromatic carbocycles. The highest BCUT2D eigenvalue weighted by molar-refractivity contribution is 7.16. The molecule has 5 rings (SSSR count). The first kappa shape index (κ1) is 28.7. The lowest BCUT2D eigenvalue weighted by Gasteiger charge is -2.42. The van der Waals surface area contributed by atoms with Crippen LogP contribution in [0.3, 0.4) is 0 Å². The third-order valence-corrected chi connectivity index (χ3v) is 8.01. The zero-order valence-electron chi connectivity index (χ0n) is 21.3. The van der Waals surface area contributed by atoms with Crippen LogP contribution in [0.15, 0.2) is 36.1 Å². The number of rotatable bonds is 5. The summed E-state index contributed by atoms with van der Waals surface area (Å²) in [5.41, 5.74) is 0.453. The van der Waals surface area contributed by atoms with Gasteiger partial charge >= 0.3 is 12.4 Å². The number of carbonyl (C=O) groups is 1. The van der Waals surface area contributed by atoms with Crippen LogP contribution in [0.2, 0.25) is 0 Å². The van der Waals surface area contributed by atoms with Gasteiger partial charge in [0.2, 0.25) is 5.95 Å². The van der Waals surface area contributed by atoms with Gasteiger partial charge in [0.05, 0.1) is 38.9 Å². The molecule has 0 spiro atoms. The molecule has 0 bridgehead atoms. The second-order valence-corrected chi connectivity index (χ2v) is 11.1. The third kappa shape index (κ3) is 6.24. The first-order chi connectivity index (χ1) is 19.3. The molecule has 1 amide bonds. The molecule has 1 unspecified atom stereocenters. The Balaban J connectivity index is 1.27. The van der Waals surface area contributed by atoms with E-state index in [0.29, 0.717) is 28.2 Å². The van der Waals surface area contributed by atoms with Crippen LogP contribution in [-0.4, -0.2) is 67.6 Å². The molecule has 41 heavy (non-hydrogen) atoms. The predicted molar refractivity (Wildman–Crippen MR) is 140 cm³/mol. The fourth-order valence-electron chi connectivity index (χ4n) is 4.19. The molecule has 9 nitrogen and oxygen atoms in total. The number of aromatic nitrogens is 5. The molecule has 17 heteroatoms. The number of pyridine rings is 1. The van der Waals surface area contributed by atoms with E-state index in [0.717, 1.165) is 26.2 Å². The van der Waals surface area contributed by atoms with Gasteiger partial charge in [0.15, 0.2) is 5.13 Å². The maximum atomic E-state index is 14.0. The van der Waals surface area contributed by atoms with Crippen molar-refractivity contribution in [1.29, 1.82) is 0 Å². The van der Waals surface area contributed by atoms with Crippen LogP contribution in [0.25, 0.3) is 10.6 Å².